The Bertz CT molecular complexity index is 911. The number of benzene rings is 2. The van der Waals surface area contributed by atoms with Gasteiger partial charge in [-0.25, -0.2) is 0 Å². The molecule has 0 spiro atoms. The molecule has 0 radical (unpaired) electrons. The van der Waals surface area contributed by atoms with Crippen molar-refractivity contribution in [2.45, 2.75) is 117 Å². The first-order valence-corrected chi connectivity index (χ1v) is 15.6. The van der Waals surface area contributed by atoms with Crippen LogP contribution in [0.25, 0.3) is 0 Å². The highest BCUT2D eigenvalue weighted by atomic mass is 16.7. The van der Waals surface area contributed by atoms with E-state index < -0.39 is 6.29 Å². The maximum absolute atomic E-state index is 13.0. The van der Waals surface area contributed by atoms with Crippen LogP contribution >= 0.6 is 0 Å². The predicted octanol–water partition coefficient (Wildman–Crippen LogP) is 9.11. The van der Waals surface area contributed by atoms with Gasteiger partial charge in [-0.15, -0.1) is 0 Å². The monoisotopic (exact) mass is 538 g/mol. The summed E-state index contributed by atoms with van der Waals surface area (Å²) in [6.45, 7) is 7.75. The molecule has 0 aliphatic rings. The standard InChI is InChI=1S/C35H56NO3/c1-6-8-9-10-11-12-13-14-15-16-18-22-31-25-21-26-34(27-31)38-30(3)39-35(37)33(7-2)29-36(4,5)28-32-23-19-17-20-24-32/h17,19-21,23-27,30,33H,6-16,18,22,28-29H2,1-5H3/q+1. The second-order valence-corrected chi connectivity index (χ2v) is 11.9. The van der Waals surface area contributed by atoms with Gasteiger partial charge >= 0.3 is 5.97 Å². The minimum atomic E-state index is -0.617. The second-order valence-electron chi connectivity index (χ2n) is 11.9. The quantitative estimate of drug-likeness (QED) is 0.0688. The normalized spacial score (nSPS) is 13.2. The molecule has 0 aliphatic heterocycles. The third-order valence-electron chi connectivity index (χ3n) is 7.55. The lowest BCUT2D eigenvalue weighted by molar-refractivity contribution is -0.906. The van der Waals surface area contributed by atoms with E-state index in [0.29, 0.717) is 0 Å². The van der Waals surface area contributed by atoms with E-state index in [0.717, 1.165) is 36.2 Å². The number of hydrogen-bond acceptors (Lipinski definition) is 3. The van der Waals surface area contributed by atoms with E-state index >= 15 is 0 Å². The molecule has 218 valence electrons. The fraction of sp³-hybridized carbons (Fsp3) is 0.629. The Morgan fingerprint density at radius 1 is 0.769 bits per heavy atom. The molecule has 39 heavy (non-hydrogen) atoms. The third kappa shape index (κ3) is 14.6. The van der Waals surface area contributed by atoms with Crippen LogP contribution in [-0.4, -0.2) is 37.4 Å². The van der Waals surface area contributed by atoms with E-state index in [2.05, 4.69) is 64.3 Å². The summed E-state index contributed by atoms with van der Waals surface area (Å²) >= 11 is 0. The van der Waals surface area contributed by atoms with Crippen molar-refractivity contribution >= 4 is 5.97 Å². The summed E-state index contributed by atoms with van der Waals surface area (Å²) in [5, 5.41) is 0. The van der Waals surface area contributed by atoms with Crippen molar-refractivity contribution in [1.29, 1.82) is 0 Å². The van der Waals surface area contributed by atoms with Crippen LogP contribution in [0.1, 0.15) is 109 Å². The first kappa shape index (κ1) is 32.9. The minimum absolute atomic E-state index is 0.165. The maximum Gasteiger partial charge on any atom is 0.317 e. The van der Waals surface area contributed by atoms with Gasteiger partial charge in [0.1, 0.15) is 18.2 Å². The Balaban J connectivity index is 1.69. The highest BCUT2D eigenvalue weighted by molar-refractivity contribution is 5.72. The van der Waals surface area contributed by atoms with E-state index in [9.17, 15) is 4.79 Å². The molecule has 0 aliphatic carbocycles. The van der Waals surface area contributed by atoms with Crippen LogP contribution in [0.3, 0.4) is 0 Å². The lowest BCUT2D eigenvalue weighted by Crippen LogP contribution is -2.45. The second kappa shape index (κ2) is 18.9. The molecule has 2 atom stereocenters. The van der Waals surface area contributed by atoms with Gasteiger partial charge in [-0.2, -0.15) is 0 Å². The summed E-state index contributed by atoms with van der Waals surface area (Å²) in [5.41, 5.74) is 2.56. The third-order valence-corrected chi connectivity index (χ3v) is 7.55. The maximum atomic E-state index is 13.0. The van der Waals surface area contributed by atoms with Gasteiger partial charge in [0, 0.05) is 12.5 Å². The summed E-state index contributed by atoms with van der Waals surface area (Å²) in [4.78, 5) is 13.0. The van der Waals surface area contributed by atoms with Crippen LogP contribution in [0.5, 0.6) is 5.75 Å². The smallest absolute Gasteiger partial charge is 0.317 e. The van der Waals surface area contributed by atoms with Gasteiger partial charge in [0.05, 0.1) is 20.6 Å². The summed E-state index contributed by atoms with van der Waals surface area (Å²) < 4.78 is 12.5. The summed E-state index contributed by atoms with van der Waals surface area (Å²) in [6.07, 6.45) is 16.1. The molecule has 0 bridgehead atoms. The van der Waals surface area contributed by atoms with Gasteiger partial charge in [0.2, 0.25) is 6.29 Å². The highest BCUT2D eigenvalue weighted by Gasteiger charge is 2.29. The van der Waals surface area contributed by atoms with Crippen molar-refractivity contribution in [2.24, 2.45) is 5.92 Å². The molecule has 2 rings (SSSR count). The number of hydrogen-bond donors (Lipinski definition) is 0. The molecular weight excluding hydrogens is 482 g/mol. The number of nitrogens with zero attached hydrogens (tertiary/aromatic N) is 1. The average Bonchev–Trinajstić information content (AvgIpc) is 2.90. The zero-order chi connectivity index (χ0) is 28.3. The van der Waals surface area contributed by atoms with Gasteiger partial charge < -0.3 is 14.0 Å². The number of esters is 1. The molecule has 0 saturated heterocycles. The van der Waals surface area contributed by atoms with Gasteiger partial charge in [0.25, 0.3) is 0 Å². The Labute approximate surface area is 239 Å². The largest absolute Gasteiger partial charge is 0.455 e. The van der Waals surface area contributed by atoms with Gasteiger partial charge in [-0.05, 0) is 37.0 Å². The molecule has 0 heterocycles. The molecular formula is C35H56NO3+. The number of unbranched alkanes of at least 4 members (excludes halogenated alkanes) is 10. The van der Waals surface area contributed by atoms with Gasteiger partial charge in [-0.1, -0.05) is 121 Å². The van der Waals surface area contributed by atoms with Crippen molar-refractivity contribution in [2.75, 3.05) is 20.6 Å². The molecule has 4 nitrogen and oxygen atoms in total. The van der Waals surface area contributed by atoms with Crippen molar-refractivity contribution in [3.05, 3.63) is 65.7 Å². The number of quaternary nitrogens is 1. The van der Waals surface area contributed by atoms with Crippen LogP contribution < -0.4 is 4.74 Å². The summed E-state index contributed by atoms with van der Waals surface area (Å²) in [7, 11) is 4.34. The molecule has 2 aromatic carbocycles. The molecule has 0 fully saturated rings. The van der Waals surface area contributed by atoms with Crippen molar-refractivity contribution in [3.63, 3.8) is 0 Å². The van der Waals surface area contributed by atoms with Crippen LogP contribution in [0, 0.1) is 5.92 Å². The zero-order valence-electron chi connectivity index (χ0n) is 25.6. The predicted molar refractivity (Wildman–Crippen MR) is 164 cm³/mol. The van der Waals surface area contributed by atoms with Crippen LogP contribution in [0.2, 0.25) is 0 Å². The van der Waals surface area contributed by atoms with E-state index in [4.69, 9.17) is 9.47 Å². The Morgan fingerprint density at radius 3 is 1.97 bits per heavy atom. The minimum Gasteiger partial charge on any atom is -0.455 e. The summed E-state index contributed by atoms with van der Waals surface area (Å²) in [6, 6.07) is 18.7. The topological polar surface area (TPSA) is 35.5 Å². The summed E-state index contributed by atoms with van der Waals surface area (Å²) in [5.74, 6) is 0.424. The van der Waals surface area contributed by atoms with E-state index in [1.165, 1.54) is 81.8 Å². The fourth-order valence-electron chi connectivity index (χ4n) is 5.35. The highest BCUT2D eigenvalue weighted by Crippen LogP contribution is 2.20. The SMILES string of the molecule is CCCCCCCCCCCCCc1cccc(OC(C)OC(=O)C(CC)C[N+](C)(C)Cc2ccccc2)c1. The van der Waals surface area contributed by atoms with Gasteiger partial charge in [-0.3, -0.25) is 4.79 Å². The molecule has 0 N–H and O–H groups in total. The number of carbonyl (C=O) groups is 1. The zero-order valence-corrected chi connectivity index (χ0v) is 25.6. The van der Waals surface area contributed by atoms with E-state index in [-0.39, 0.29) is 11.9 Å². The number of aryl methyl sites for hydroxylation is 1. The van der Waals surface area contributed by atoms with Crippen molar-refractivity contribution in [1.82, 2.24) is 0 Å². The van der Waals surface area contributed by atoms with Crippen molar-refractivity contribution in [3.8, 4) is 5.75 Å². The lowest BCUT2D eigenvalue weighted by atomic mass is 10.0. The number of ether oxygens (including phenoxy) is 2. The molecule has 0 aromatic heterocycles. The van der Waals surface area contributed by atoms with Gasteiger partial charge in [0.15, 0.2) is 0 Å². The van der Waals surface area contributed by atoms with Crippen LogP contribution in [-0.2, 0) is 22.5 Å². The lowest BCUT2D eigenvalue weighted by Gasteiger charge is -2.33. The van der Waals surface area contributed by atoms with E-state index in [1.807, 2.05) is 25.1 Å². The molecule has 2 unspecified atom stereocenters. The number of carbonyl (C=O) groups excluding carboxylic acids is 1. The Morgan fingerprint density at radius 2 is 1.36 bits per heavy atom. The Hall–Kier alpha value is -2.33. The molecule has 0 amide bonds. The average molecular weight is 539 g/mol. The Kier molecular flexibility index (Phi) is 15.9. The van der Waals surface area contributed by atoms with E-state index in [1.54, 1.807) is 0 Å². The van der Waals surface area contributed by atoms with Crippen molar-refractivity contribution < 1.29 is 18.8 Å². The molecule has 2 aromatic rings. The molecule has 4 heteroatoms. The molecule has 0 saturated carbocycles. The van der Waals surface area contributed by atoms with Crippen LogP contribution in [0.4, 0.5) is 0 Å². The van der Waals surface area contributed by atoms with Crippen LogP contribution in [0.15, 0.2) is 54.6 Å². The first-order valence-electron chi connectivity index (χ1n) is 15.6. The fourth-order valence-corrected chi connectivity index (χ4v) is 5.35. The number of rotatable bonds is 21. The first-order chi connectivity index (χ1) is 18.8.